The predicted molar refractivity (Wildman–Crippen MR) is 91.0 cm³/mol. The summed E-state index contributed by atoms with van der Waals surface area (Å²) < 4.78 is 0. The summed E-state index contributed by atoms with van der Waals surface area (Å²) in [5.74, 6) is 0.141. The lowest BCUT2D eigenvalue weighted by atomic mass is 9.98. The number of nitrogens with zero attached hydrogens (tertiary/aromatic N) is 4. The largest absolute Gasteiger partial charge is 0.343 e. The lowest BCUT2D eigenvalue weighted by Crippen LogP contribution is -2.48. The van der Waals surface area contributed by atoms with E-state index in [4.69, 9.17) is 0 Å². The van der Waals surface area contributed by atoms with Gasteiger partial charge in [-0.05, 0) is 11.4 Å². The fourth-order valence-electron chi connectivity index (χ4n) is 2.30. The third-order valence-corrected chi connectivity index (χ3v) is 5.89. The summed E-state index contributed by atoms with van der Waals surface area (Å²) in [7, 11) is 0. The number of carbonyl (C=O) groups excluding carboxylic acids is 1. The van der Waals surface area contributed by atoms with Crippen molar-refractivity contribution in [3.63, 3.8) is 0 Å². The minimum absolute atomic E-state index is 0.0346. The van der Waals surface area contributed by atoms with Crippen molar-refractivity contribution in [1.82, 2.24) is 15.1 Å². The Balaban J connectivity index is 1.62. The molecule has 1 fully saturated rings. The van der Waals surface area contributed by atoms with Gasteiger partial charge < -0.3 is 9.80 Å². The first-order valence-corrected chi connectivity index (χ1v) is 9.06. The Morgan fingerprint density at radius 3 is 2.45 bits per heavy atom. The number of amides is 1. The van der Waals surface area contributed by atoms with Gasteiger partial charge in [0.15, 0.2) is 0 Å². The number of anilines is 1. The van der Waals surface area contributed by atoms with Crippen molar-refractivity contribution >= 4 is 33.7 Å². The van der Waals surface area contributed by atoms with Gasteiger partial charge in [-0.1, -0.05) is 38.2 Å². The van der Waals surface area contributed by atoms with Crippen molar-refractivity contribution in [2.45, 2.75) is 26.2 Å². The van der Waals surface area contributed by atoms with Gasteiger partial charge in [0.25, 0.3) is 5.91 Å². The van der Waals surface area contributed by atoms with Crippen LogP contribution in [0.15, 0.2) is 17.5 Å². The molecule has 3 heterocycles. The first-order valence-electron chi connectivity index (χ1n) is 7.37. The van der Waals surface area contributed by atoms with Crippen LogP contribution in [0.1, 0.15) is 35.5 Å². The molecule has 1 aliphatic rings. The zero-order valence-corrected chi connectivity index (χ0v) is 14.7. The molecule has 1 aliphatic heterocycles. The summed E-state index contributed by atoms with van der Waals surface area (Å²) in [4.78, 5) is 17.3. The van der Waals surface area contributed by atoms with E-state index in [9.17, 15) is 4.79 Å². The van der Waals surface area contributed by atoms with Crippen LogP contribution in [0.2, 0.25) is 0 Å². The molecule has 0 radical (unpaired) electrons. The number of hydrogen-bond acceptors (Lipinski definition) is 6. The fourth-order valence-corrected chi connectivity index (χ4v) is 3.95. The molecule has 0 spiro atoms. The summed E-state index contributed by atoms with van der Waals surface area (Å²) in [5, 5.41) is 12.6. The Hall–Kier alpha value is -1.47. The molecule has 2 aromatic rings. The summed E-state index contributed by atoms with van der Waals surface area (Å²) in [6.45, 7) is 9.55. The molecule has 5 nitrogen and oxygen atoms in total. The smallest absolute Gasteiger partial charge is 0.264 e. The van der Waals surface area contributed by atoms with E-state index in [-0.39, 0.29) is 11.3 Å². The monoisotopic (exact) mass is 336 g/mol. The van der Waals surface area contributed by atoms with E-state index >= 15 is 0 Å². The molecule has 0 aliphatic carbocycles. The Morgan fingerprint density at radius 2 is 1.91 bits per heavy atom. The zero-order valence-electron chi connectivity index (χ0n) is 13.1. The van der Waals surface area contributed by atoms with Crippen LogP contribution < -0.4 is 4.90 Å². The molecular weight excluding hydrogens is 316 g/mol. The van der Waals surface area contributed by atoms with Crippen LogP contribution in [0, 0.1) is 0 Å². The van der Waals surface area contributed by atoms with Gasteiger partial charge in [0.2, 0.25) is 5.13 Å². The molecule has 3 rings (SSSR count). The quantitative estimate of drug-likeness (QED) is 0.846. The minimum atomic E-state index is 0.0346. The van der Waals surface area contributed by atoms with Gasteiger partial charge in [-0.3, -0.25) is 4.79 Å². The van der Waals surface area contributed by atoms with E-state index in [0.717, 1.165) is 41.2 Å². The lowest BCUT2D eigenvalue weighted by Gasteiger charge is -2.34. The lowest BCUT2D eigenvalue weighted by molar-refractivity contribution is 0.0751. The van der Waals surface area contributed by atoms with Crippen molar-refractivity contribution in [2.24, 2.45) is 0 Å². The van der Waals surface area contributed by atoms with Crippen LogP contribution in [0.3, 0.4) is 0 Å². The Labute approximate surface area is 138 Å². The molecule has 118 valence electrons. The normalized spacial score (nSPS) is 16.1. The van der Waals surface area contributed by atoms with Crippen molar-refractivity contribution in [3.8, 4) is 0 Å². The maximum absolute atomic E-state index is 12.3. The van der Waals surface area contributed by atoms with Crippen LogP contribution in [-0.2, 0) is 5.41 Å². The van der Waals surface area contributed by atoms with E-state index in [0.29, 0.717) is 0 Å². The molecule has 1 amide bonds. The van der Waals surface area contributed by atoms with Crippen LogP contribution in [0.5, 0.6) is 0 Å². The summed E-state index contributed by atoms with van der Waals surface area (Å²) >= 11 is 3.16. The molecule has 0 aromatic carbocycles. The van der Waals surface area contributed by atoms with Crippen molar-refractivity contribution in [1.29, 1.82) is 0 Å². The van der Waals surface area contributed by atoms with E-state index in [1.54, 1.807) is 11.3 Å². The molecular formula is C15H20N4OS2. The van der Waals surface area contributed by atoms with Gasteiger partial charge >= 0.3 is 0 Å². The Bertz CT molecular complexity index is 637. The molecule has 1 saturated heterocycles. The highest BCUT2D eigenvalue weighted by Gasteiger charge is 2.26. The number of hydrogen-bond donors (Lipinski definition) is 0. The number of carbonyl (C=O) groups is 1. The van der Waals surface area contributed by atoms with Gasteiger partial charge in [0.1, 0.15) is 5.01 Å². The highest BCUT2D eigenvalue weighted by molar-refractivity contribution is 7.15. The second-order valence-electron chi connectivity index (χ2n) is 6.40. The maximum Gasteiger partial charge on any atom is 0.264 e. The molecule has 0 N–H and O–H groups in total. The zero-order chi connectivity index (χ0) is 15.7. The summed E-state index contributed by atoms with van der Waals surface area (Å²) in [5.41, 5.74) is 0.0346. The van der Waals surface area contributed by atoms with E-state index in [1.807, 2.05) is 22.4 Å². The van der Waals surface area contributed by atoms with Gasteiger partial charge in [0.05, 0.1) is 4.88 Å². The van der Waals surface area contributed by atoms with Crippen LogP contribution >= 0.6 is 22.7 Å². The standard InChI is InChI=1S/C15H20N4OS2/c1-15(2,3)13-16-17-14(22-13)19-8-6-18(7-9-19)12(20)11-5-4-10-21-11/h4-5,10H,6-9H2,1-3H3. The van der Waals surface area contributed by atoms with Crippen LogP contribution in [0.25, 0.3) is 0 Å². The third kappa shape index (κ3) is 3.15. The second kappa shape index (κ2) is 5.96. The van der Waals surface area contributed by atoms with Crippen molar-refractivity contribution < 1.29 is 4.79 Å². The van der Waals surface area contributed by atoms with Crippen LogP contribution in [-0.4, -0.2) is 47.2 Å². The highest BCUT2D eigenvalue weighted by Crippen LogP contribution is 2.30. The summed E-state index contributed by atoms with van der Waals surface area (Å²) in [6.07, 6.45) is 0. The van der Waals surface area contributed by atoms with Gasteiger partial charge in [-0.25, -0.2) is 0 Å². The average molecular weight is 336 g/mol. The van der Waals surface area contributed by atoms with E-state index in [1.165, 1.54) is 11.3 Å². The second-order valence-corrected chi connectivity index (χ2v) is 8.30. The molecule has 0 unspecified atom stereocenters. The predicted octanol–water partition coefficient (Wildman–Crippen LogP) is 2.86. The topological polar surface area (TPSA) is 49.3 Å². The fraction of sp³-hybridized carbons (Fsp3) is 0.533. The van der Waals surface area contributed by atoms with E-state index < -0.39 is 0 Å². The average Bonchev–Trinajstić information content (AvgIpc) is 3.17. The Morgan fingerprint density at radius 1 is 1.18 bits per heavy atom. The third-order valence-electron chi connectivity index (χ3n) is 3.63. The van der Waals surface area contributed by atoms with Gasteiger partial charge in [-0.2, -0.15) is 0 Å². The molecule has 0 atom stereocenters. The van der Waals surface area contributed by atoms with Crippen LogP contribution in [0.4, 0.5) is 5.13 Å². The SMILES string of the molecule is CC(C)(C)c1nnc(N2CCN(C(=O)c3cccs3)CC2)s1. The maximum atomic E-state index is 12.3. The molecule has 22 heavy (non-hydrogen) atoms. The van der Waals surface area contributed by atoms with Gasteiger partial charge in [0, 0.05) is 31.6 Å². The van der Waals surface area contributed by atoms with Gasteiger partial charge in [-0.15, -0.1) is 21.5 Å². The van der Waals surface area contributed by atoms with E-state index in [2.05, 4.69) is 35.9 Å². The molecule has 0 saturated carbocycles. The minimum Gasteiger partial charge on any atom is -0.343 e. The first-order chi connectivity index (χ1) is 10.4. The number of rotatable bonds is 2. The summed E-state index contributed by atoms with van der Waals surface area (Å²) in [6, 6.07) is 3.81. The molecule has 2 aromatic heterocycles. The first kappa shape index (κ1) is 15.4. The number of aromatic nitrogens is 2. The molecule has 0 bridgehead atoms. The Kier molecular flexibility index (Phi) is 4.18. The van der Waals surface area contributed by atoms with Crippen molar-refractivity contribution in [3.05, 3.63) is 27.4 Å². The highest BCUT2D eigenvalue weighted by atomic mass is 32.1. The van der Waals surface area contributed by atoms with Crippen molar-refractivity contribution in [2.75, 3.05) is 31.1 Å². The number of thiophene rings is 1. The molecule has 7 heteroatoms. The number of piperazine rings is 1.